The quantitative estimate of drug-likeness (QED) is 0.590. The molecule has 2 aromatic carbocycles. The largest absolute Gasteiger partial charge is 0.487 e. The molecule has 1 N–H and O–H groups in total. The highest BCUT2D eigenvalue weighted by Crippen LogP contribution is 2.29. The molecule has 0 saturated heterocycles. The molecule has 0 spiro atoms. The first-order chi connectivity index (χ1) is 12.9. The molecular weight excluding hydrogens is 338 g/mol. The molecule has 2 unspecified atom stereocenters. The van der Waals surface area contributed by atoms with Crippen LogP contribution in [0.15, 0.2) is 60.7 Å². The SMILES string of the molecule is C=C(C)COc1ccccc1NC(=O)C(C)Oc1ccccc1C(C)CC. The van der Waals surface area contributed by atoms with Crippen LogP contribution in [0.2, 0.25) is 0 Å². The highest BCUT2D eigenvalue weighted by molar-refractivity contribution is 5.95. The van der Waals surface area contributed by atoms with Gasteiger partial charge in [-0.1, -0.05) is 50.8 Å². The lowest BCUT2D eigenvalue weighted by atomic mass is 9.98. The lowest BCUT2D eigenvalue weighted by Crippen LogP contribution is -2.30. The van der Waals surface area contributed by atoms with Crippen LogP contribution in [0.1, 0.15) is 45.6 Å². The summed E-state index contributed by atoms with van der Waals surface area (Å²) in [6.07, 6.45) is 0.374. The highest BCUT2D eigenvalue weighted by Gasteiger charge is 2.19. The number of amides is 1. The molecule has 4 nitrogen and oxygen atoms in total. The van der Waals surface area contributed by atoms with Gasteiger partial charge in [0.2, 0.25) is 0 Å². The standard InChI is InChI=1S/C23H29NO3/c1-6-17(4)19-11-7-9-13-21(19)27-18(5)23(25)24-20-12-8-10-14-22(20)26-15-16(2)3/h7-14,17-18H,2,6,15H2,1,3-5H3,(H,24,25). The van der Waals surface area contributed by atoms with Crippen LogP contribution < -0.4 is 14.8 Å². The molecule has 2 aromatic rings. The summed E-state index contributed by atoms with van der Waals surface area (Å²) in [6, 6.07) is 15.2. The minimum atomic E-state index is -0.635. The second kappa shape index (κ2) is 9.81. The Balaban J connectivity index is 2.08. The van der Waals surface area contributed by atoms with Crippen molar-refractivity contribution in [3.63, 3.8) is 0 Å². The van der Waals surface area contributed by atoms with Gasteiger partial charge in [-0.05, 0) is 55.5 Å². The summed E-state index contributed by atoms with van der Waals surface area (Å²) in [5.41, 5.74) is 2.65. The molecule has 0 saturated carbocycles. The predicted molar refractivity (Wildman–Crippen MR) is 111 cm³/mol. The van der Waals surface area contributed by atoms with Crippen LogP contribution in [0, 0.1) is 0 Å². The average Bonchev–Trinajstić information content (AvgIpc) is 2.67. The van der Waals surface area contributed by atoms with E-state index in [0.717, 1.165) is 23.3 Å². The number of hydrogen-bond donors (Lipinski definition) is 1. The Hall–Kier alpha value is -2.75. The van der Waals surface area contributed by atoms with Crippen LogP contribution in [0.25, 0.3) is 0 Å². The Labute approximate surface area is 162 Å². The summed E-state index contributed by atoms with van der Waals surface area (Å²) in [5.74, 6) is 1.51. The molecule has 1 amide bonds. The minimum absolute atomic E-state index is 0.222. The Morgan fingerprint density at radius 3 is 2.37 bits per heavy atom. The molecule has 2 atom stereocenters. The molecular formula is C23H29NO3. The molecule has 0 fully saturated rings. The Bertz CT molecular complexity index is 785. The van der Waals surface area contributed by atoms with Crippen molar-refractivity contribution in [2.75, 3.05) is 11.9 Å². The van der Waals surface area contributed by atoms with Gasteiger partial charge in [-0.3, -0.25) is 4.79 Å². The van der Waals surface area contributed by atoms with Crippen LogP contribution in [0.4, 0.5) is 5.69 Å². The van der Waals surface area contributed by atoms with Crippen molar-refractivity contribution in [2.24, 2.45) is 0 Å². The fourth-order valence-electron chi connectivity index (χ4n) is 2.59. The average molecular weight is 367 g/mol. The first-order valence-electron chi connectivity index (χ1n) is 9.35. The van der Waals surface area contributed by atoms with E-state index < -0.39 is 6.10 Å². The third-order valence-corrected chi connectivity index (χ3v) is 4.35. The summed E-state index contributed by atoms with van der Waals surface area (Å²) in [6.45, 7) is 12.2. The van der Waals surface area contributed by atoms with Crippen molar-refractivity contribution < 1.29 is 14.3 Å². The first kappa shape index (κ1) is 20.6. The van der Waals surface area contributed by atoms with E-state index in [2.05, 4.69) is 31.8 Å². The van der Waals surface area contributed by atoms with Gasteiger partial charge in [0.05, 0.1) is 5.69 Å². The molecule has 27 heavy (non-hydrogen) atoms. The van der Waals surface area contributed by atoms with E-state index >= 15 is 0 Å². The van der Waals surface area contributed by atoms with E-state index in [4.69, 9.17) is 9.47 Å². The maximum atomic E-state index is 12.6. The maximum absolute atomic E-state index is 12.6. The van der Waals surface area contributed by atoms with Crippen molar-refractivity contribution in [2.45, 2.75) is 46.1 Å². The van der Waals surface area contributed by atoms with Gasteiger partial charge in [-0.2, -0.15) is 0 Å². The summed E-state index contributed by atoms with van der Waals surface area (Å²) in [4.78, 5) is 12.6. The summed E-state index contributed by atoms with van der Waals surface area (Å²) in [7, 11) is 0. The van der Waals surface area contributed by atoms with Gasteiger partial charge in [0.1, 0.15) is 18.1 Å². The van der Waals surface area contributed by atoms with Crippen LogP contribution in [0.3, 0.4) is 0 Å². The third kappa shape index (κ3) is 5.88. The van der Waals surface area contributed by atoms with Gasteiger partial charge in [-0.25, -0.2) is 0 Å². The molecule has 0 heterocycles. The van der Waals surface area contributed by atoms with Crippen molar-refractivity contribution in [1.29, 1.82) is 0 Å². The van der Waals surface area contributed by atoms with E-state index in [1.807, 2.05) is 49.4 Å². The van der Waals surface area contributed by atoms with Crippen molar-refractivity contribution in [1.82, 2.24) is 0 Å². The van der Waals surface area contributed by atoms with Gasteiger partial charge >= 0.3 is 0 Å². The van der Waals surface area contributed by atoms with Crippen LogP contribution >= 0.6 is 0 Å². The van der Waals surface area contributed by atoms with Crippen LogP contribution in [0.5, 0.6) is 11.5 Å². The number of rotatable bonds is 9. The van der Waals surface area contributed by atoms with Crippen molar-refractivity contribution in [3.8, 4) is 11.5 Å². The Morgan fingerprint density at radius 1 is 1.07 bits per heavy atom. The number of hydrogen-bond acceptors (Lipinski definition) is 3. The predicted octanol–water partition coefficient (Wildman–Crippen LogP) is 5.56. The fourth-order valence-corrected chi connectivity index (χ4v) is 2.59. The summed E-state index contributed by atoms with van der Waals surface area (Å²) >= 11 is 0. The summed E-state index contributed by atoms with van der Waals surface area (Å²) in [5, 5.41) is 2.90. The monoisotopic (exact) mass is 367 g/mol. The van der Waals surface area contributed by atoms with E-state index in [1.54, 1.807) is 6.92 Å². The van der Waals surface area contributed by atoms with E-state index in [9.17, 15) is 4.79 Å². The normalized spacial score (nSPS) is 12.7. The molecule has 0 aliphatic heterocycles. The smallest absolute Gasteiger partial charge is 0.265 e. The highest BCUT2D eigenvalue weighted by atomic mass is 16.5. The van der Waals surface area contributed by atoms with Crippen molar-refractivity contribution in [3.05, 3.63) is 66.2 Å². The fraction of sp³-hybridized carbons (Fsp3) is 0.348. The molecule has 4 heteroatoms. The topological polar surface area (TPSA) is 47.6 Å². The Morgan fingerprint density at radius 2 is 1.70 bits per heavy atom. The zero-order valence-corrected chi connectivity index (χ0v) is 16.6. The zero-order chi connectivity index (χ0) is 19.8. The van der Waals surface area contributed by atoms with Crippen LogP contribution in [-0.4, -0.2) is 18.6 Å². The van der Waals surface area contributed by atoms with Gasteiger partial charge in [0, 0.05) is 0 Å². The van der Waals surface area contributed by atoms with E-state index in [-0.39, 0.29) is 5.91 Å². The molecule has 0 aromatic heterocycles. The van der Waals surface area contributed by atoms with E-state index in [1.165, 1.54) is 0 Å². The maximum Gasteiger partial charge on any atom is 0.265 e. The third-order valence-electron chi connectivity index (χ3n) is 4.35. The number of anilines is 1. The minimum Gasteiger partial charge on any atom is -0.487 e. The second-order valence-corrected chi connectivity index (χ2v) is 6.84. The zero-order valence-electron chi connectivity index (χ0n) is 16.6. The van der Waals surface area contributed by atoms with Crippen LogP contribution in [-0.2, 0) is 4.79 Å². The molecule has 0 radical (unpaired) electrons. The number of nitrogens with one attached hydrogen (secondary N) is 1. The Kier molecular flexibility index (Phi) is 7.47. The second-order valence-electron chi connectivity index (χ2n) is 6.84. The number of benzene rings is 2. The first-order valence-corrected chi connectivity index (χ1v) is 9.35. The van der Waals surface area contributed by atoms with E-state index in [0.29, 0.717) is 24.0 Å². The number of para-hydroxylation sites is 3. The molecule has 0 aliphatic carbocycles. The summed E-state index contributed by atoms with van der Waals surface area (Å²) < 4.78 is 11.7. The van der Waals surface area contributed by atoms with Gasteiger partial charge in [-0.15, -0.1) is 0 Å². The number of ether oxygens (including phenoxy) is 2. The van der Waals surface area contributed by atoms with Gasteiger partial charge < -0.3 is 14.8 Å². The lowest BCUT2D eigenvalue weighted by Gasteiger charge is -2.20. The molecule has 0 bridgehead atoms. The number of carbonyl (C=O) groups excluding carboxylic acids is 1. The van der Waals surface area contributed by atoms with Gasteiger partial charge in [0.25, 0.3) is 5.91 Å². The number of carbonyl (C=O) groups is 1. The van der Waals surface area contributed by atoms with Crippen molar-refractivity contribution >= 4 is 11.6 Å². The molecule has 144 valence electrons. The van der Waals surface area contributed by atoms with Gasteiger partial charge in [0.15, 0.2) is 6.10 Å². The molecule has 2 rings (SSSR count). The molecule has 0 aliphatic rings. The lowest BCUT2D eigenvalue weighted by molar-refractivity contribution is -0.122.